The third kappa shape index (κ3) is 5.68. The molecule has 5 nitrogen and oxygen atoms in total. The molecule has 0 aromatic carbocycles. The molecule has 120 valence electrons. The summed E-state index contributed by atoms with van der Waals surface area (Å²) in [6.07, 6.45) is 4.55. The first-order valence-corrected chi connectivity index (χ1v) is 9.28. The summed E-state index contributed by atoms with van der Waals surface area (Å²) in [6.45, 7) is 7.14. The standard InChI is InChI=1S/C14H30N2O3S/c1-4-9-15-10-5-6-12-20(17,18)16-11-7-8-14(2,13-16)19-3/h15H,4-13H2,1-3H3. The van der Waals surface area contributed by atoms with Crippen molar-refractivity contribution in [3.8, 4) is 0 Å². The normalized spacial score (nSPS) is 24.9. The van der Waals surface area contributed by atoms with Gasteiger partial charge in [0.2, 0.25) is 10.0 Å². The summed E-state index contributed by atoms with van der Waals surface area (Å²) in [5.41, 5.74) is -0.325. The van der Waals surface area contributed by atoms with Gasteiger partial charge >= 0.3 is 0 Å². The lowest BCUT2D eigenvalue weighted by atomic mass is 9.96. The molecule has 0 bridgehead atoms. The topological polar surface area (TPSA) is 58.6 Å². The van der Waals surface area contributed by atoms with Crippen LogP contribution in [0.5, 0.6) is 0 Å². The van der Waals surface area contributed by atoms with Crippen molar-refractivity contribution in [1.29, 1.82) is 0 Å². The molecule has 1 atom stereocenters. The second-order valence-corrected chi connectivity index (χ2v) is 7.95. The van der Waals surface area contributed by atoms with E-state index in [4.69, 9.17) is 4.74 Å². The van der Waals surface area contributed by atoms with Crippen molar-refractivity contribution >= 4 is 10.0 Å². The number of piperidine rings is 1. The molecule has 0 saturated carbocycles. The van der Waals surface area contributed by atoms with Gasteiger partial charge in [0.15, 0.2) is 0 Å². The van der Waals surface area contributed by atoms with E-state index in [2.05, 4.69) is 12.2 Å². The van der Waals surface area contributed by atoms with Gasteiger partial charge in [-0.15, -0.1) is 0 Å². The van der Waals surface area contributed by atoms with Crippen molar-refractivity contribution in [2.75, 3.05) is 39.0 Å². The summed E-state index contributed by atoms with van der Waals surface area (Å²) < 4.78 is 31.7. The lowest BCUT2D eigenvalue weighted by Crippen LogP contribution is -2.50. The summed E-state index contributed by atoms with van der Waals surface area (Å²) in [7, 11) is -1.47. The number of hydrogen-bond acceptors (Lipinski definition) is 4. The van der Waals surface area contributed by atoms with Gasteiger partial charge in [-0.1, -0.05) is 6.92 Å². The van der Waals surface area contributed by atoms with E-state index in [0.29, 0.717) is 13.1 Å². The van der Waals surface area contributed by atoms with E-state index in [1.807, 2.05) is 6.92 Å². The molecule has 0 aromatic heterocycles. The zero-order chi connectivity index (χ0) is 15.1. The first kappa shape index (κ1) is 17.9. The number of methoxy groups -OCH3 is 1. The number of unbranched alkanes of at least 4 members (excludes halogenated alkanes) is 1. The summed E-state index contributed by atoms with van der Waals surface area (Å²) in [5, 5.41) is 3.29. The maximum absolute atomic E-state index is 12.3. The van der Waals surface area contributed by atoms with Gasteiger partial charge in [-0.2, -0.15) is 4.31 Å². The van der Waals surface area contributed by atoms with E-state index < -0.39 is 10.0 Å². The molecule has 6 heteroatoms. The number of rotatable bonds is 9. The molecule has 1 fully saturated rings. The second-order valence-electron chi connectivity index (χ2n) is 5.86. The molecular formula is C14H30N2O3S. The van der Waals surface area contributed by atoms with Gasteiger partial charge in [0.25, 0.3) is 0 Å². The predicted octanol–water partition coefficient (Wildman–Crippen LogP) is 1.60. The van der Waals surface area contributed by atoms with E-state index in [1.165, 1.54) is 0 Å². The lowest BCUT2D eigenvalue weighted by molar-refractivity contribution is -0.0319. The van der Waals surface area contributed by atoms with Crippen LogP contribution in [0.1, 0.15) is 46.0 Å². The lowest BCUT2D eigenvalue weighted by Gasteiger charge is -2.38. The predicted molar refractivity (Wildman–Crippen MR) is 82.4 cm³/mol. The molecule has 1 N–H and O–H groups in total. The van der Waals surface area contributed by atoms with Crippen molar-refractivity contribution in [2.24, 2.45) is 0 Å². The third-order valence-electron chi connectivity index (χ3n) is 3.94. The molecule has 0 aromatic rings. The minimum atomic E-state index is -3.13. The monoisotopic (exact) mass is 306 g/mol. The van der Waals surface area contributed by atoms with Crippen LogP contribution < -0.4 is 5.32 Å². The van der Waals surface area contributed by atoms with Crippen molar-refractivity contribution in [1.82, 2.24) is 9.62 Å². The number of sulfonamides is 1. The van der Waals surface area contributed by atoms with Crippen LogP contribution in [-0.4, -0.2) is 57.4 Å². The van der Waals surface area contributed by atoms with Gasteiger partial charge in [0.05, 0.1) is 11.4 Å². The average Bonchev–Trinajstić information content (AvgIpc) is 2.43. The molecule has 0 spiro atoms. The highest BCUT2D eigenvalue weighted by Crippen LogP contribution is 2.26. The largest absolute Gasteiger partial charge is 0.377 e. The van der Waals surface area contributed by atoms with Crippen molar-refractivity contribution in [3.63, 3.8) is 0 Å². The van der Waals surface area contributed by atoms with E-state index in [1.54, 1.807) is 11.4 Å². The minimum absolute atomic E-state index is 0.251. The molecule has 1 rings (SSSR count). The Morgan fingerprint density at radius 1 is 1.30 bits per heavy atom. The molecule has 0 radical (unpaired) electrons. The highest BCUT2D eigenvalue weighted by molar-refractivity contribution is 7.89. The summed E-state index contributed by atoms with van der Waals surface area (Å²) >= 11 is 0. The smallest absolute Gasteiger partial charge is 0.214 e. The summed E-state index contributed by atoms with van der Waals surface area (Å²) in [4.78, 5) is 0. The Labute approximate surface area is 124 Å². The van der Waals surface area contributed by atoms with Crippen LogP contribution in [0.15, 0.2) is 0 Å². The van der Waals surface area contributed by atoms with Crippen LogP contribution in [-0.2, 0) is 14.8 Å². The average molecular weight is 306 g/mol. The number of ether oxygens (including phenoxy) is 1. The van der Waals surface area contributed by atoms with E-state index in [0.717, 1.165) is 45.2 Å². The van der Waals surface area contributed by atoms with E-state index >= 15 is 0 Å². The quantitative estimate of drug-likeness (QED) is 0.657. The second kappa shape index (κ2) is 8.32. The zero-order valence-corrected chi connectivity index (χ0v) is 14.0. The minimum Gasteiger partial charge on any atom is -0.377 e. The summed E-state index contributed by atoms with van der Waals surface area (Å²) in [6, 6.07) is 0. The van der Waals surface area contributed by atoms with Gasteiger partial charge in [-0.25, -0.2) is 8.42 Å². The van der Waals surface area contributed by atoms with Crippen LogP contribution in [0.25, 0.3) is 0 Å². The molecule has 0 amide bonds. The fourth-order valence-corrected chi connectivity index (χ4v) is 4.23. The van der Waals surface area contributed by atoms with Crippen LogP contribution in [0, 0.1) is 0 Å². The molecule has 1 heterocycles. The molecular weight excluding hydrogens is 276 g/mol. The molecule has 20 heavy (non-hydrogen) atoms. The maximum atomic E-state index is 12.3. The van der Waals surface area contributed by atoms with Crippen LogP contribution in [0.4, 0.5) is 0 Å². The molecule has 0 aliphatic carbocycles. The van der Waals surface area contributed by atoms with Crippen LogP contribution >= 0.6 is 0 Å². The van der Waals surface area contributed by atoms with Gasteiger partial charge in [0.1, 0.15) is 0 Å². The van der Waals surface area contributed by atoms with Crippen molar-refractivity contribution < 1.29 is 13.2 Å². The van der Waals surface area contributed by atoms with Crippen LogP contribution in [0.3, 0.4) is 0 Å². The van der Waals surface area contributed by atoms with Crippen molar-refractivity contribution in [3.05, 3.63) is 0 Å². The fourth-order valence-electron chi connectivity index (χ4n) is 2.53. The van der Waals surface area contributed by atoms with E-state index in [-0.39, 0.29) is 11.4 Å². The van der Waals surface area contributed by atoms with Crippen molar-refractivity contribution in [2.45, 2.75) is 51.6 Å². The molecule has 1 aliphatic rings. The van der Waals surface area contributed by atoms with Gasteiger partial charge < -0.3 is 10.1 Å². The van der Waals surface area contributed by atoms with Gasteiger partial charge in [-0.05, 0) is 52.1 Å². The first-order valence-electron chi connectivity index (χ1n) is 7.67. The zero-order valence-electron chi connectivity index (χ0n) is 13.2. The maximum Gasteiger partial charge on any atom is 0.214 e. The SMILES string of the molecule is CCCNCCCCS(=O)(=O)N1CCCC(C)(OC)C1. The highest BCUT2D eigenvalue weighted by Gasteiger charge is 2.35. The Bertz CT molecular complexity index is 373. The first-order chi connectivity index (χ1) is 9.43. The Balaban J connectivity index is 2.36. The van der Waals surface area contributed by atoms with Gasteiger partial charge in [-0.3, -0.25) is 0 Å². The highest BCUT2D eigenvalue weighted by atomic mass is 32.2. The van der Waals surface area contributed by atoms with Crippen LogP contribution in [0.2, 0.25) is 0 Å². The number of nitrogens with zero attached hydrogens (tertiary/aromatic N) is 1. The Morgan fingerprint density at radius 2 is 2.05 bits per heavy atom. The fraction of sp³-hybridized carbons (Fsp3) is 1.00. The Morgan fingerprint density at radius 3 is 2.70 bits per heavy atom. The molecule has 1 aliphatic heterocycles. The Hall–Kier alpha value is -0.170. The van der Waals surface area contributed by atoms with Gasteiger partial charge in [0, 0.05) is 20.2 Å². The molecule has 1 unspecified atom stereocenters. The van der Waals surface area contributed by atoms with E-state index in [9.17, 15) is 8.42 Å². The third-order valence-corrected chi connectivity index (χ3v) is 5.85. The Kier molecular flexibility index (Phi) is 7.43. The number of nitrogens with one attached hydrogen (secondary N) is 1. The molecule has 1 saturated heterocycles. The number of hydrogen-bond donors (Lipinski definition) is 1. The summed E-state index contributed by atoms with van der Waals surface area (Å²) in [5.74, 6) is 0.251.